The molecule has 0 radical (unpaired) electrons. The Bertz CT molecular complexity index is 1180. The Morgan fingerprint density at radius 2 is 1.41 bits per heavy atom. The molecule has 0 amide bonds. The first-order valence-corrected chi connectivity index (χ1v) is 13.3. The minimum Gasteiger partial charge on any atom is -0.405 e. The summed E-state index contributed by atoms with van der Waals surface area (Å²) in [6.07, 6.45) is 15.2. The predicted molar refractivity (Wildman–Crippen MR) is 177 cm³/mol. The lowest BCUT2D eigenvalue weighted by atomic mass is 10.0. The van der Waals surface area contributed by atoms with Crippen LogP contribution in [-0.4, -0.2) is 13.3 Å². The van der Waals surface area contributed by atoms with Crippen LogP contribution in [0, 0.1) is 19.8 Å². The lowest BCUT2D eigenvalue weighted by Gasteiger charge is -2.09. The van der Waals surface area contributed by atoms with Crippen LogP contribution in [0.4, 0.5) is 0 Å². The van der Waals surface area contributed by atoms with Gasteiger partial charge in [-0.25, -0.2) is 0 Å². The van der Waals surface area contributed by atoms with Crippen molar-refractivity contribution in [2.75, 3.05) is 7.05 Å². The third-order valence-corrected chi connectivity index (χ3v) is 6.06. The van der Waals surface area contributed by atoms with Crippen molar-refractivity contribution >= 4 is 18.8 Å². The van der Waals surface area contributed by atoms with Gasteiger partial charge in [0.2, 0.25) is 0 Å². The topological polar surface area (TPSA) is 50.4 Å². The summed E-state index contributed by atoms with van der Waals surface area (Å²) in [7, 11) is 1.74. The van der Waals surface area contributed by atoms with E-state index in [1.165, 1.54) is 45.3 Å². The largest absolute Gasteiger partial charge is 0.405 e. The SMILES string of the molecule is C#C.C/C(=C\Cc1ccccc1C)NCc1ccc(Cc2ccccc2)cc1.C=CN.CN=CC(S)=C(C)C. The molecule has 3 aromatic carbocycles. The first-order chi connectivity index (χ1) is 18.8. The summed E-state index contributed by atoms with van der Waals surface area (Å²) in [5, 5.41) is 3.52. The van der Waals surface area contributed by atoms with Gasteiger partial charge >= 0.3 is 0 Å². The maximum absolute atomic E-state index is 4.61. The highest BCUT2D eigenvalue weighted by atomic mass is 32.1. The van der Waals surface area contributed by atoms with Gasteiger partial charge in [0.25, 0.3) is 0 Å². The van der Waals surface area contributed by atoms with Crippen LogP contribution in [0.1, 0.15) is 48.6 Å². The van der Waals surface area contributed by atoms with Crippen LogP contribution in [0.25, 0.3) is 0 Å². The number of thiol groups is 1. The molecule has 0 saturated heterocycles. The number of allylic oxidation sites excluding steroid dienone is 4. The van der Waals surface area contributed by atoms with E-state index in [4.69, 9.17) is 0 Å². The first-order valence-electron chi connectivity index (χ1n) is 12.8. The van der Waals surface area contributed by atoms with Gasteiger partial charge in [-0.15, -0.1) is 25.5 Å². The molecule has 0 aliphatic heterocycles. The molecular formula is C35H45N3S. The molecule has 0 heterocycles. The molecule has 0 fully saturated rings. The highest BCUT2D eigenvalue weighted by Crippen LogP contribution is 2.12. The number of hydrogen-bond donors (Lipinski definition) is 3. The molecule has 3 nitrogen and oxygen atoms in total. The smallest absolute Gasteiger partial charge is 0.0397 e. The number of aryl methyl sites for hydroxylation is 1. The highest BCUT2D eigenvalue weighted by Gasteiger charge is 1.99. The summed E-state index contributed by atoms with van der Waals surface area (Å²) in [6.45, 7) is 12.3. The molecule has 0 spiro atoms. The number of rotatable bonds is 8. The number of nitrogens with two attached hydrogens (primary N) is 1. The summed E-state index contributed by atoms with van der Waals surface area (Å²) in [4.78, 5) is 4.75. The fourth-order valence-corrected chi connectivity index (χ4v) is 3.39. The predicted octanol–water partition coefficient (Wildman–Crippen LogP) is 8.07. The second-order valence-electron chi connectivity index (χ2n) is 8.86. The number of aliphatic imine (C=N–C) groups is 1. The van der Waals surface area contributed by atoms with Crippen LogP contribution in [0.5, 0.6) is 0 Å². The zero-order valence-corrected chi connectivity index (χ0v) is 25.1. The monoisotopic (exact) mass is 539 g/mol. The molecule has 206 valence electrons. The van der Waals surface area contributed by atoms with Gasteiger partial charge in [0, 0.05) is 30.4 Å². The van der Waals surface area contributed by atoms with Crippen molar-refractivity contribution in [3.05, 3.63) is 142 Å². The lowest BCUT2D eigenvalue weighted by Crippen LogP contribution is -2.10. The summed E-state index contributed by atoms with van der Waals surface area (Å²) >= 11 is 4.14. The lowest BCUT2D eigenvalue weighted by molar-refractivity contribution is 0.805. The molecule has 0 atom stereocenters. The van der Waals surface area contributed by atoms with Gasteiger partial charge in [-0.1, -0.05) is 97.1 Å². The van der Waals surface area contributed by atoms with Gasteiger partial charge in [0.1, 0.15) is 0 Å². The molecule has 39 heavy (non-hydrogen) atoms. The number of benzene rings is 3. The van der Waals surface area contributed by atoms with Crippen LogP contribution in [0.3, 0.4) is 0 Å². The standard InChI is InChI=1S/C25H27N.C6H11NS.C2H5N.C2H2/c1-20-8-6-7-11-25(20)17-12-21(2)26-19-24-15-13-23(14-16-24)18-22-9-4-3-5-10-22;1-5(2)6(8)4-7-3;1-2-3;1-2/h3-16,26H,17-19H2,1-2H3;4,8H,1-3H3;2H,1,3H2;1-2H/b21-12+;;;. The molecule has 0 unspecified atom stereocenters. The second kappa shape index (κ2) is 22.1. The zero-order chi connectivity index (χ0) is 29.5. The van der Waals surface area contributed by atoms with E-state index in [-0.39, 0.29) is 0 Å². The van der Waals surface area contributed by atoms with Gasteiger partial charge in [0.05, 0.1) is 0 Å². The Kier molecular flexibility index (Phi) is 19.8. The van der Waals surface area contributed by atoms with Crippen LogP contribution < -0.4 is 11.1 Å². The van der Waals surface area contributed by atoms with Crippen molar-refractivity contribution in [3.8, 4) is 12.8 Å². The Hall–Kier alpha value is -3.94. The molecule has 0 aromatic heterocycles. The molecule has 0 saturated carbocycles. The zero-order valence-electron chi connectivity index (χ0n) is 24.2. The molecule has 0 aliphatic carbocycles. The fraction of sp³-hybridized carbons (Fsp3) is 0.229. The van der Waals surface area contributed by atoms with Gasteiger partial charge < -0.3 is 11.1 Å². The van der Waals surface area contributed by atoms with E-state index >= 15 is 0 Å². The maximum atomic E-state index is 4.61. The summed E-state index contributed by atoms with van der Waals surface area (Å²) in [6, 6.07) is 28.1. The maximum Gasteiger partial charge on any atom is 0.0397 e. The molecule has 0 bridgehead atoms. The third-order valence-electron chi connectivity index (χ3n) is 5.50. The van der Waals surface area contributed by atoms with E-state index in [1.807, 2.05) is 13.8 Å². The average molecular weight is 540 g/mol. The number of hydrogen-bond acceptors (Lipinski definition) is 4. The normalized spacial score (nSPS) is 10.0. The summed E-state index contributed by atoms with van der Waals surface area (Å²) in [5.74, 6) is 0. The molecule has 3 N–H and O–H groups in total. The Labute approximate surface area is 243 Å². The Morgan fingerprint density at radius 1 is 0.897 bits per heavy atom. The van der Waals surface area contributed by atoms with Gasteiger partial charge in [-0.2, -0.15) is 0 Å². The van der Waals surface area contributed by atoms with Gasteiger partial charge in [0.15, 0.2) is 0 Å². The molecule has 3 rings (SSSR count). The summed E-state index contributed by atoms with van der Waals surface area (Å²) < 4.78 is 0. The number of terminal acetylenes is 1. The van der Waals surface area contributed by atoms with E-state index in [9.17, 15) is 0 Å². The Balaban J connectivity index is 0.000000936. The van der Waals surface area contributed by atoms with Crippen LogP contribution in [-0.2, 0) is 19.4 Å². The molecule has 4 heteroatoms. The fourth-order valence-electron chi connectivity index (χ4n) is 3.27. The minimum atomic E-state index is 0.863. The van der Waals surface area contributed by atoms with Gasteiger partial charge in [-0.05, 0) is 74.6 Å². The van der Waals surface area contributed by atoms with Crippen molar-refractivity contribution in [2.45, 2.75) is 47.1 Å². The highest BCUT2D eigenvalue weighted by molar-refractivity contribution is 7.85. The van der Waals surface area contributed by atoms with Crippen molar-refractivity contribution in [1.82, 2.24) is 5.32 Å². The van der Waals surface area contributed by atoms with Crippen molar-refractivity contribution in [2.24, 2.45) is 10.7 Å². The quantitative estimate of drug-likeness (QED) is 0.154. The number of nitrogens with zero attached hydrogens (tertiary/aromatic N) is 1. The van der Waals surface area contributed by atoms with E-state index in [2.05, 4.69) is 147 Å². The summed E-state index contributed by atoms with van der Waals surface area (Å²) in [5.41, 5.74) is 13.8. The molecule has 3 aromatic rings. The minimum absolute atomic E-state index is 0.863. The van der Waals surface area contributed by atoms with E-state index in [0.717, 1.165) is 24.3 Å². The average Bonchev–Trinajstić information content (AvgIpc) is 2.95. The number of nitrogens with one attached hydrogen (secondary N) is 1. The van der Waals surface area contributed by atoms with Crippen molar-refractivity contribution < 1.29 is 0 Å². The van der Waals surface area contributed by atoms with Crippen molar-refractivity contribution in [1.29, 1.82) is 0 Å². The van der Waals surface area contributed by atoms with Crippen LogP contribution in [0.15, 0.2) is 119 Å². The van der Waals surface area contributed by atoms with Gasteiger partial charge in [-0.3, -0.25) is 4.99 Å². The molecular weight excluding hydrogens is 494 g/mol. The van der Waals surface area contributed by atoms with Crippen molar-refractivity contribution in [3.63, 3.8) is 0 Å². The van der Waals surface area contributed by atoms with Crippen LogP contribution >= 0.6 is 12.6 Å². The Morgan fingerprint density at radius 3 is 1.92 bits per heavy atom. The van der Waals surface area contributed by atoms with E-state index in [0.29, 0.717) is 0 Å². The first kappa shape index (κ1) is 35.1. The van der Waals surface area contributed by atoms with E-state index in [1.54, 1.807) is 13.3 Å². The molecule has 0 aliphatic rings. The second-order valence-corrected chi connectivity index (χ2v) is 9.34. The van der Waals surface area contributed by atoms with E-state index < -0.39 is 0 Å². The van der Waals surface area contributed by atoms with Crippen LogP contribution in [0.2, 0.25) is 0 Å². The third kappa shape index (κ3) is 16.5.